The number of nitrogens with zero attached hydrogens (tertiary/aromatic N) is 1. The molecule has 0 heterocycles. The molecule has 0 aliphatic heterocycles. The summed E-state index contributed by atoms with van der Waals surface area (Å²) >= 11 is 0. The van der Waals surface area contributed by atoms with Crippen molar-refractivity contribution in [2.45, 2.75) is 91.1 Å². The SMILES string of the molecule is CCCCCCCCCC(O)CN(CCC)CCC. The summed E-state index contributed by atoms with van der Waals surface area (Å²) in [6.07, 6.45) is 12.5. The highest BCUT2D eigenvalue weighted by Gasteiger charge is 2.09. The van der Waals surface area contributed by atoms with Crippen LogP contribution >= 0.6 is 0 Å². The predicted molar refractivity (Wildman–Crippen MR) is 85.6 cm³/mol. The highest BCUT2D eigenvalue weighted by atomic mass is 16.3. The molecule has 0 aromatic carbocycles. The Hall–Kier alpha value is -0.0800. The molecule has 0 bridgehead atoms. The lowest BCUT2D eigenvalue weighted by Gasteiger charge is -2.24. The topological polar surface area (TPSA) is 23.5 Å². The molecule has 0 aromatic rings. The van der Waals surface area contributed by atoms with Crippen LogP contribution in [0.5, 0.6) is 0 Å². The Bertz CT molecular complexity index is 167. The average molecular weight is 271 g/mol. The summed E-state index contributed by atoms with van der Waals surface area (Å²) in [6, 6.07) is 0. The van der Waals surface area contributed by atoms with E-state index in [0.29, 0.717) is 0 Å². The molecule has 0 rings (SSSR count). The largest absolute Gasteiger partial charge is 0.392 e. The smallest absolute Gasteiger partial charge is 0.0667 e. The van der Waals surface area contributed by atoms with E-state index in [-0.39, 0.29) is 6.10 Å². The van der Waals surface area contributed by atoms with Crippen molar-refractivity contribution in [2.75, 3.05) is 19.6 Å². The number of rotatable bonds is 14. The molecule has 0 aliphatic rings. The fraction of sp³-hybridized carbons (Fsp3) is 1.00. The van der Waals surface area contributed by atoms with Gasteiger partial charge in [-0.25, -0.2) is 0 Å². The third kappa shape index (κ3) is 12.7. The van der Waals surface area contributed by atoms with Gasteiger partial charge in [0.05, 0.1) is 6.10 Å². The molecule has 0 aromatic heterocycles. The minimum Gasteiger partial charge on any atom is -0.392 e. The molecule has 2 heteroatoms. The normalized spacial score (nSPS) is 13.1. The molecule has 0 spiro atoms. The van der Waals surface area contributed by atoms with Gasteiger partial charge in [-0.15, -0.1) is 0 Å². The van der Waals surface area contributed by atoms with Gasteiger partial charge >= 0.3 is 0 Å². The Labute approximate surface area is 121 Å². The second-order valence-electron chi connectivity index (χ2n) is 5.86. The van der Waals surface area contributed by atoms with Crippen LogP contribution in [-0.2, 0) is 0 Å². The second-order valence-corrected chi connectivity index (χ2v) is 5.86. The molecule has 0 fully saturated rings. The first-order valence-electron chi connectivity index (χ1n) is 8.64. The van der Waals surface area contributed by atoms with Gasteiger partial charge in [-0.2, -0.15) is 0 Å². The Kier molecular flexibility index (Phi) is 14.3. The molecular weight excluding hydrogens is 234 g/mol. The number of hydrogen-bond acceptors (Lipinski definition) is 2. The van der Waals surface area contributed by atoms with Gasteiger partial charge < -0.3 is 10.0 Å². The zero-order valence-corrected chi connectivity index (χ0v) is 13.7. The van der Waals surface area contributed by atoms with Gasteiger partial charge in [0, 0.05) is 6.54 Å². The number of aliphatic hydroxyl groups is 1. The fourth-order valence-corrected chi connectivity index (χ4v) is 2.65. The van der Waals surface area contributed by atoms with E-state index in [9.17, 15) is 5.11 Å². The number of hydrogen-bond donors (Lipinski definition) is 1. The standard InChI is InChI=1S/C17H37NO/c1-4-7-8-9-10-11-12-13-17(19)16-18(14-5-2)15-6-3/h17,19H,4-16H2,1-3H3. The van der Waals surface area contributed by atoms with E-state index in [1.165, 1.54) is 57.8 Å². The summed E-state index contributed by atoms with van der Waals surface area (Å²) in [5, 5.41) is 10.1. The Balaban J connectivity index is 3.48. The van der Waals surface area contributed by atoms with Gasteiger partial charge in [0.15, 0.2) is 0 Å². The van der Waals surface area contributed by atoms with Gasteiger partial charge in [0.2, 0.25) is 0 Å². The molecular formula is C17H37NO. The molecule has 1 N–H and O–H groups in total. The van der Waals surface area contributed by atoms with Crippen molar-refractivity contribution in [1.82, 2.24) is 4.90 Å². The summed E-state index contributed by atoms with van der Waals surface area (Å²) in [4.78, 5) is 2.41. The molecule has 0 saturated carbocycles. The number of unbranched alkanes of at least 4 members (excludes halogenated alkanes) is 6. The van der Waals surface area contributed by atoms with Crippen LogP contribution in [-0.4, -0.2) is 35.7 Å². The van der Waals surface area contributed by atoms with Crippen LogP contribution in [0.3, 0.4) is 0 Å². The quantitative estimate of drug-likeness (QED) is 0.466. The summed E-state index contributed by atoms with van der Waals surface area (Å²) < 4.78 is 0. The molecule has 1 unspecified atom stereocenters. The third-order valence-corrected chi connectivity index (χ3v) is 3.69. The fourth-order valence-electron chi connectivity index (χ4n) is 2.65. The maximum Gasteiger partial charge on any atom is 0.0667 e. The Morgan fingerprint density at radius 1 is 0.737 bits per heavy atom. The second kappa shape index (κ2) is 14.3. The van der Waals surface area contributed by atoms with Crippen molar-refractivity contribution in [3.05, 3.63) is 0 Å². The minimum atomic E-state index is -0.117. The van der Waals surface area contributed by atoms with Gasteiger partial charge in [0.1, 0.15) is 0 Å². The van der Waals surface area contributed by atoms with Crippen LogP contribution in [0.4, 0.5) is 0 Å². The monoisotopic (exact) mass is 271 g/mol. The van der Waals surface area contributed by atoms with Crippen molar-refractivity contribution in [1.29, 1.82) is 0 Å². The van der Waals surface area contributed by atoms with Gasteiger partial charge in [-0.05, 0) is 32.4 Å². The van der Waals surface area contributed by atoms with Crippen LogP contribution in [0.1, 0.15) is 85.0 Å². The van der Waals surface area contributed by atoms with E-state index in [1.54, 1.807) is 0 Å². The molecule has 0 aliphatic carbocycles. The predicted octanol–water partition coefficient (Wildman–Crippen LogP) is 4.61. The number of aliphatic hydroxyl groups excluding tert-OH is 1. The minimum absolute atomic E-state index is 0.117. The molecule has 0 amide bonds. The van der Waals surface area contributed by atoms with E-state index in [2.05, 4.69) is 25.7 Å². The molecule has 116 valence electrons. The van der Waals surface area contributed by atoms with Crippen LogP contribution < -0.4 is 0 Å². The van der Waals surface area contributed by atoms with Crippen LogP contribution in [0.15, 0.2) is 0 Å². The first-order valence-corrected chi connectivity index (χ1v) is 8.64. The zero-order chi connectivity index (χ0) is 14.3. The molecule has 0 saturated heterocycles. The molecule has 0 radical (unpaired) electrons. The van der Waals surface area contributed by atoms with Crippen LogP contribution in [0.2, 0.25) is 0 Å². The van der Waals surface area contributed by atoms with Crippen molar-refractivity contribution in [3.8, 4) is 0 Å². The molecule has 19 heavy (non-hydrogen) atoms. The van der Waals surface area contributed by atoms with Crippen molar-refractivity contribution < 1.29 is 5.11 Å². The lowest BCUT2D eigenvalue weighted by Crippen LogP contribution is -2.33. The highest BCUT2D eigenvalue weighted by molar-refractivity contribution is 4.64. The van der Waals surface area contributed by atoms with E-state index in [0.717, 1.165) is 26.1 Å². The van der Waals surface area contributed by atoms with E-state index in [1.807, 2.05) is 0 Å². The summed E-state index contributed by atoms with van der Waals surface area (Å²) in [5.74, 6) is 0. The van der Waals surface area contributed by atoms with Gasteiger partial charge in [-0.3, -0.25) is 0 Å². The third-order valence-electron chi connectivity index (χ3n) is 3.69. The van der Waals surface area contributed by atoms with E-state index < -0.39 is 0 Å². The lowest BCUT2D eigenvalue weighted by atomic mass is 10.1. The zero-order valence-electron chi connectivity index (χ0n) is 13.7. The summed E-state index contributed by atoms with van der Waals surface area (Å²) in [7, 11) is 0. The van der Waals surface area contributed by atoms with E-state index >= 15 is 0 Å². The first kappa shape index (κ1) is 18.9. The van der Waals surface area contributed by atoms with Crippen LogP contribution in [0.25, 0.3) is 0 Å². The van der Waals surface area contributed by atoms with Gasteiger partial charge in [0.25, 0.3) is 0 Å². The maximum atomic E-state index is 10.1. The first-order chi connectivity index (χ1) is 9.24. The lowest BCUT2D eigenvalue weighted by molar-refractivity contribution is 0.103. The summed E-state index contributed by atoms with van der Waals surface area (Å²) in [5.41, 5.74) is 0. The molecule has 1 atom stereocenters. The summed E-state index contributed by atoms with van der Waals surface area (Å²) in [6.45, 7) is 9.81. The Morgan fingerprint density at radius 3 is 1.79 bits per heavy atom. The van der Waals surface area contributed by atoms with Crippen molar-refractivity contribution >= 4 is 0 Å². The molecule has 2 nitrogen and oxygen atoms in total. The highest BCUT2D eigenvalue weighted by Crippen LogP contribution is 2.10. The van der Waals surface area contributed by atoms with E-state index in [4.69, 9.17) is 0 Å². The van der Waals surface area contributed by atoms with Gasteiger partial charge in [-0.1, -0.05) is 65.7 Å². The maximum absolute atomic E-state index is 10.1. The van der Waals surface area contributed by atoms with Crippen molar-refractivity contribution in [2.24, 2.45) is 0 Å². The Morgan fingerprint density at radius 2 is 1.26 bits per heavy atom. The van der Waals surface area contributed by atoms with Crippen LogP contribution in [0, 0.1) is 0 Å². The average Bonchev–Trinajstić information content (AvgIpc) is 2.38. The van der Waals surface area contributed by atoms with Crippen molar-refractivity contribution in [3.63, 3.8) is 0 Å².